The highest BCUT2D eigenvalue weighted by Gasteiger charge is 2.16. The van der Waals surface area contributed by atoms with E-state index >= 15 is 0 Å². The van der Waals surface area contributed by atoms with Crippen molar-refractivity contribution in [2.24, 2.45) is 5.73 Å². The third-order valence-electron chi connectivity index (χ3n) is 2.60. The van der Waals surface area contributed by atoms with Crippen LogP contribution in [0.1, 0.15) is 24.5 Å². The molecule has 0 amide bonds. The van der Waals surface area contributed by atoms with E-state index in [1.807, 2.05) is 31.2 Å². The number of sulfonamides is 1. The SMILES string of the molecule is CCCS(=O)(=O)N(C)Cc1ccc(CN)cc1. The Morgan fingerprint density at radius 1 is 1.18 bits per heavy atom. The lowest BCUT2D eigenvalue weighted by Gasteiger charge is -2.16. The molecule has 4 nitrogen and oxygen atoms in total. The summed E-state index contributed by atoms with van der Waals surface area (Å²) < 4.78 is 24.9. The summed E-state index contributed by atoms with van der Waals surface area (Å²) in [4.78, 5) is 0. The summed E-state index contributed by atoms with van der Waals surface area (Å²) in [6, 6.07) is 7.69. The van der Waals surface area contributed by atoms with Crippen molar-refractivity contribution in [1.82, 2.24) is 4.31 Å². The molecule has 1 aromatic rings. The van der Waals surface area contributed by atoms with E-state index in [4.69, 9.17) is 5.73 Å². The molecule has 0 aliphatic rings. The molecule has 5 heteroatoms. The Morgan fingerprint density at radius 2 is 1.71 bits per heavy atom. The van der Waals surface area contributed by atoms with Gasteiger partial charge in [0.1, 0.15) is 0 Å². The molecule has 0 saturated carbocycles. The second kappa shape index (κ2) is 6.14. The van der Waals surface area contributed by atoms with Crippen LogP contribution >= 0.6 is 0 Å². The third-order valence-corrected chi connectivity index (χ3v) is 4.60. The van der Waals surface area contributed by atoms with Gasteiger partial charge in [0.15, 0.2) is 0 Å². The standard InChI is InChI=1S/C12H20N2O2S/c1-3-8-17(15,16)14(2)10-12-6-4-11(9-13)5-7-12/h4-7H,3,8-10,13H2,1-2H3. The zero-order valence-corrected chi connectivity index (χ0v) is 11.2. The van der Waals surface area contributed by atoms with Crippen molar-refractivity contribution >= 4 is 10.0 Å². The van der Waals surface area contributed by atoms with Crippen molar-refractivity contribution < 1.29 is 8.42 Å². The molecule has 0 fully saturated rings. The minimum Gasteiger partial charge on any atom is -0.326 e. The van der Waals surface area contributed by atoms with Crippen LogP contribution in [0, 0.1) is 0 Å². The van der Waals surface area contributed by atoms with E-state index in [0.29, 0.717) is 19.5 Å². The van der Waals surface area contributed by atoms with E-state index in [1.165, 1.54) is 4.31 Å². The molecular weight excluding hydrogens is 236 g/mol. The predicted octanol–water partition coefficient (Wildman–Crippen LogP) is 1.32. The first-order valence-corrected chi connectivity index (χ1v) is 7.32. The van der Waals surface area contributed by atoms with Gasteiger partial charge in [-0.2, -0.15) is 0 Å². The molecule has 0 unspecified atom stereocenters. The molecule has 0 spiro atoms. The van der Waals surface area contributed by atoms with E-state index in [-0.39, 0.29) is 5.75 Å². The minimum absolute atomic E-state index is 0.199. The van der Waals surface area contributed by atoms with Crippen LogP contribution in [0.15, 0.2) is 24.3 Å². The fourth-order valence-corrected chi connectivity index (χ4v) is 2.72. The Labute approximate surface area is 103 Å². The summed E-state index contributed by atoms with van der Waals surface area (Å²) in [6.07, 6.45) is 0.638. The maximum absolute atomic E-state index is 11.8. The van der Waals surface area contributed by atoms with Crippen LogP contribution in [-0.4, -0.2) is 25.5 Å². The highest BCUT2D eigenvalue weighted by Crippen LogP contribution is 2.10. The van der Waals surface area contributed by atoms with Crippen molar-refractivity contribution in [2.45, 2.75) is 26.4 Å². The van der Waals surface area contributed by atoms with Gasteiger partial charge in [0.05, 0.1) is 5.75 Å². The molecule has 0 aromatic heterocycles. The Bertz CT molecular complexity index is 440. The van der Waals surface area contributed by atoms with Crippen molar-refractivity contribution in [3.8, 4) is 0 Å². The highest BCUT2D eigenvalue weighted by molar-refractivity contribution is 7.89. The van der Waals surface area contributed by atoms with Crippen molar-refractivity contribution in [2.75, 3.05) is 12.8 Å². The quantitative estimate of drug-likeness (QED) is 0.835. The Hall–Kier alpha value is -0.910. The lowest BCUT2D eigenvalue weighted by atomic mass is 10.1. The van der Waals surface area contributed by atoms with E-state index in [2.05, 4.69) is 0 Å². The number of benzene rings is 1. The van der Waals surface area contributed by atoms with Crippen molar-refractivity contribution in [3.63, 3.8) is 0 Å². The summed E-state index contributed by atoms with van der Waals surface area (Å²) >= 11 is 0. The largest absolute Gasteiger partial charge is 0.326 e. The fourth-order valence-electron chi connectivity index (χ4n) is 1.55. The highest BCUT2D eigenvalue weighted by atomic mass is 32.2. The molecule has 0 saturated heterocycles. The molecule has 96 valence electrons. The average Bonchev–Trinajstić information content (AvgIpc) is 2.30. The lowest BCUT2D eigenvalue weighted by Crippen LogP contribution is -2.28. The van der Waals surface area contributed by atoms with Crippen LogP contribution in [-0.2, 0) is 23.1 Å². The van der Waals surface area contributed by atoms with Gasteiger partial charge in [-0.25, -0.2) is 12.7 Å². The van der Waals surface area contributed by atoms with Crippen molar-refractivity contribution in [1.29, 1.82) is 0 Å². The number of hydrogen-bond acceptors (Lipinski definition) is 3. The van der Waals surface area contributed by atoms with Gasteiger partial charge in [0, 0.05) is 20.1 Å². The van der Waals surface area contributed by atoms with Crippen LogP contribution < -0.4 is 5.73 Å². The fraction of sp³-hybridized carbons (Fsp3) is 0.500. The van der Waals surface area contributed by atoms with E-state index in [9.17, 15) is 8.42 Å². The number of nitrogens with two attached hydrogens (primary N) is 1. The van der Waals surface area contributed by atoms with Gasteiger partial charge in [-0.3, -0.25) is 0 Å². The Kier molecular flexibility index (Phi) is 5.11. The van der Waals surface area contributed by atoms with Crippen LogP contribution in [0.2, 0.25) is 0 Å². The van der Waals surface area contributed by atoms with E-state index in [0.717, 1.165) is 11.1 Å². The van der Waals surface area contributed by atoms with Crippen LogP contribution in [0.3, 0.4) is 0 Å². The molecule has 0 aliphatic carbocycles. The predicted molar refractivity (Wildman–Crippen MR) is 69.9 cm³/mol. The zero-order chi connectivity index (χ0) is 12.9. The molecule has 1 aromatic carbocycles. The van der Waals surface area contributed by atoms with Crippen LogP contribution in [0.25, 0.3) is 0 Å². The normalized spacial score (nSPS) is 12.0. The summed E-state index contributed by atoms with van der Waals surface area (Å²) in [5, 5.41) is 0. The number of rotatable bonds is 6. The third kappa shape index (κ3) is 4.11. The van der Waals surface area contributed by atoms with Gasteiger partial charge < -0.3 is 5.73 Å². The second-order valence-corrected chi connectivity index (χ2v) is 6.29. The molecular formula is C12H20N2O2S. The Balaban J connectivity index is 2.70. The smallest absolute Gasteiger partial charge is 0.214 e. The average molecular weight is 256 g/mol. The molecule has 0 bridgehead atoms. The van der Waals surface area contributed by atoms with Crippen molar-refractivity contribution in [3.05, 3.63) is 35.4 Å². The second-order valence-electron chi connectivity index (χ2n) is 4.09. The Morgan fingerprint density at radius 3 is 2.18 bits per heavy atom. The molecule has 0 heterocycles. The van der Waals surface area contributed by atoms with Gasteiger partial charge in [0.2, 0.25) is 10.0 Å². The molecule has 0 atom stereocenters. The van der Waals surface area contributed by atoms with E-state index < -0.39 is 10.0 Å². The molecule has 0 radical (unpaired) electrons. The molecule has 2 N–H and O–H groups in total. The maximum Gasteiger partial charge on any atom is 0.214 e. The lowest BCUT2D eigenvalue weighted by molar-refractivity contribution is 0.466. The van der Waals surface area contributed by atoms with E-state index in [1.54, 1.807) is 7.05 Å². The topological polar surface area (TPSA) is 63.4 Å². The molecule has 17 heavy (non-hydrogen) atoms. The summed E-state index contributed by atoms with van der Waals surface area (Å²) in [5.74, 6) is 0.199. The number of hydrogen-bond donors (Lipinski definition) is 1. The summed E-state index contributed by atoms with van der Waals surface area (Å²) in [6.45, 7) is 2.78. The summed E-state index contributed by atoms with van der Waals surface area (Å²) in [5.41, 5.74) is 7.53. The van der Waals surface area contributed by atoms with Gasteiger partial charge in [-0.1, -0.05) is 31.2 Å². The van der Waals surface area contributed by atoms with Gasteiger partial charge in [-0.15, -0.1) is 0 Å². The molecule has 1 rings (SSSR count). The van der Waals surface area contributed by atoms with Gasteiger partial charge in [0.25, 0.3) is 0 Å². The van der Waals surface area contributed by atoms with Gasteiger partial charge in [-0.05, 0) is 17.5 Å². The first-order valence-electron chi connectivity index (χ1n) is 5.71. The zero-order valence-electron chi connectivity index (χ0n) is 10.4. The van der Waals surface area contributed by atoms with Crippen LogP contribution in [0.4, 0.5) is 0 Å². The van der Waals surface area contributed by atoms with Gasteiger partial charge >= 0.3 is 0 Å². The molecule has 0 aliphatic heterocycles. The first kappa shape index (κ1) is 14.2. The monoisotopic (exact) mass is 256 g/mol. The van der Waals surface area contributed by atoms with Crippen LogP contribution in [0.5, 0.6) is 0 Å². The first-order chi connectivity index (χ1) is 7.99. The maximum atomic E-state index is 11.8. The minimum atomic E-state index is -3.12. The number of nitrogens with zero attached hydrogens (tertiary/aromatic N) is 1. The summed E-state index contributed by atoms with van der Waals surface area (Å²) in [7, 11) is -1.50.